The summed E-state index contributed by atoms with van der Waals surface area (Å²) in [7, 11) is 1.66. The van der Waals surface area contributed by atoms with Gasteiger partial charge in [0.1, 0.15) is 33.6 Å². The number of aromatic nitrogens is 3. The minimum absolute atomic E-state index is 0.0687. The van der Waals surface area contributed by atoms with Gasteiger partial charge in [-0.2, -0.15) is 0 Å². The predicted octanol–water partition coefficient (Wildman–Crippen LogP) is 4.35. The van der Waals surface area contributed by atoms with Crippen LogP contribution in [-0.2, 0) is 4.74 Å². The number of hydrogen-bond donors (Lipinski definition) is 1. The molecule has 5 rings (SSSR count). The molecule has 4 aromatic rings. The molecule has 1 amide bonds. The topological polar surface area (TPSA) is 83.5 Å². The van der Waals surface area contributed by atoms with Crippen molar-refractivity contribution in [1.29, 1.82) is 0 Å². The SMILES string of the molecule is CN(c1ccc2nc(Nc3ccc(C(=O)N4CCOCC4)cn3)sc2n1)c1ccc(F)cc1F. The van der Waals surface area contributed by atoms with Gasteiger partial charge >= 0.3 is 0 Å². The molecule has 1 aromatic carbocycles. The van der Waals surface area contributed by atoms with Crippen LogP contribution < -0.4 is 10.2 Å². The second-order valence-corrected chi connectivity index (χ2v) is 8.61. The van der Waals surface area contributed by atoms with Crippen LogP contribution in [0, 0.1) is 11.6 Å². The van der Waals surface area contributed by atoms with Gasteiger partial charge in [0.25, 0.3) is 5.91 Å². The van der Waals surface area contributed by atoms with E-state index < -0.39 is 11.6 Å². The first kappa shape index (κ1) is 22.1. The Hall–Kier alpha value is -3.70. The van der Waals surface area contributed by atoms with Crippen LogP contribution in [-0.4, -0.2) is 59.1 Å². The molecule has 0 bridgehead atoms. The monoisotopic (exact) mass is 482 g/mol. The summed E-state index contributed by atoms with van der Waals surface area (Å²) in [5.41, 5.74) is 1.40. The Kier molecular flexibility index (Phi) is 6.03. The average Bonchev–Trinajstić information content (AvgIpc) is 3.26. The molecule has 1 aliphatic heterocycles. The Morgan fingerprint density at radius 2 is 1.94 bits per heavy atom. The number of ether oxygens (including phenoxy) is 1. The van der Waals surface area contributed by atoms with Crippen molar-refractivity contribution in [3.05, 3.63) is 65.9 Å². The number of morpholine rings is 1. The second-order valence-electron chi connectivity index (χ2n) is 7.63. The van der Waals surface area contributed by atoms with Crippen molar-refractivity contribution in [2.75, 3.05) is 43.6 Å². The normalized spacial score (nSPS) is 13.8. The molecule has 8 nitrogen and oxygen atoms in total. The predicted molar refractivity (Wildman–Crippen MR) is 126 cm³/mol. The average molecular weight is 483 g/mol. The van der Waals surface area contributed by atoms with Crippen molar-refractivity contribution in [2.24, 2.45) is 0 Å². The van der Waals surface area contributed by atoms with Crippen molar-refractivity contribution < 1.29 is 18.3 Å². The Balaban J connectivity index is 1.31. The van der Waals surface area contributed by atoms with E-state index >= 15 is 0 Å². The number of thiazole rings is 1. The Labute approximate surface area is 197 Å². The summed E-state index contributed by atoms with van der Waals surface area (Å²) < 4.78 is 32.7. The number of carbonyl (C=O) groups excluding carboxylic acids is 1. The summed E-state index contributed by atoms with van der Waals surface area (Å²) in [6.45, 7) is 2.23. The fourth-order valence-corrected chi connectivity index (χ4v) is 4.42. The summed E-state index contributed by atoms with van der Waals surface area (Å²) in [4.78, 5) is 29.9. The van der Waals surface area contributed by atoms with Crippen molar-refractivity contribution in [1.82, 2.24) is 19.9 Å². The summed E-state index contributed by atoms with van der Waals surface area (Å²) in [5.74, 6) is -0.331. The Morgan fingerprint density at radius 1 is 1.12 bits per heavy atom. The highest BCUT2D eigenvalue weighted by atomic mass is 32.1. The molecule has 0 unspecified atom stereocenters. The number of benzene rings is 1. The molecule has 0 spiro atoms. The van der Waals surface area contributed by atoms with Gasteiger partial charge in [-0.05, 0) is 36.4 Å². The Morgan fingerprint density at radius 3 is 2.68 bits per heavy atom. The molecular weight excluding hydrogens is 462 g/mol. The van der Waals surface area contributed by atoms with Gasteiger partial charge in [0.05, 0.1) is 24.5 Å². The number of nitrogens with zero attached hydrogens (tertiary/aromatic N) is 5. The van der Waals surface area contributed by atoms with E-state index in [2.05, 4.69) is 20.3 Å². The maximum absolute atomic E-state index is 14.2. The van der Waals surface area contributed by atoms with E-state index in [0.717, 1.165) is 6.07 Å². The van der Waals surface area contributed by atoms with Gasteiger partial charge in [0.15, 0.2) is 5.13 Å². The van der Waals surface area contributed by atoms with Crippen molar-refractivity contribution >= 4 is 50.0 Å². The van der Waals surface area contributed by atoms with Crippen LogP contribution in [0.5, 0.6) is 0 Å². The zero-order valence-electron chi connectivity index (χ0n) is 18.2. The van der Waals surface area contributed by atoms with E-state index in [9.17, 15) is 13.6 Å². The summed E-state index contributed by atoms with van der Waals surface area (Å²) in [6.07, 6.45) is 1.54. The molecule has 3 aromatic heterocycles. The van der Waals surface area contributed by atoms with Gasteiger partial charge in [-0.1, -0.05) is 11.3 Å². The third kappa shape index (κ3) is 4.52. The maximum Gasteiger partial charge on any atom is 0.255 e. The smallest absolute Gasteiger partial charge is 0.255 e. The highest BCUT2D eigenvalue weighted by Crippen LogP contribution is 2.31. The van der Waals surface area contributed by atoms with Crippen molar-refractivity contribution in [3.8, 4) is 0 Å². The number of hydrogen-bond acceptors (Lipinski definition) is 8. The number of pyridine rings is 2. The number of anilines is 4. The van der Waals surface area contributed by atoms with Crippen molar-refractivity contribution in [2.45, 2.75) is 0 Å². The molecular formula is C23H20F2N6O2S. The molecule has 1 fully saturated rings. The molecule has 1 aliphatic rings. The lowest BCUT2D eigenvalue weighted by Crippen LogP contribution is -2.40. The molecule has 0 aliphatic carbocycles. The quantitative estimate of drug-likeness (QED) is 0.453. The highest BCUT2D eigenvalue weighted by molar-refractivity contribution is 7.21. The highest BCUT2D eigenvalue weighted by Gasteiger charge is 2.19. The molecule has 11 heteroatoms. The molecule has 174 valence electrons. The number of nitrogens with one attached hydrogen (secondary N) is 1. The van der Waals surface area contributed by atoms with Crippen LogP contribution in [0.2, 0.25) is 0 Å². The van der Waals surface area contributed by atoms with Crippen LogP contribution >= 0.6 is 11.3 Å². The van der Waals surface area contributed by atoms with E-state index in [0.29, 0.717) is 59.0 Å². The lowest BCUT2D eigenvalue weighted by molar-refractivity contribution is 0.0302. The largest absolute Gasteiger partial charge is 0.378 e. The van der Waals surface area contributed by atoms with E-state index in [1.807, 2.05) is 0 Å². The van der Waals surface area contributed by atoms with Gasteiger partial charge < -0.3 is 19.9 Å². The summed E-state index contributed by atoms with van der Waals surface area (Å²) in [6, 6.07) is 10.4. The van der Waals surface area contributed by atoms with Crippen molar-refractivity contribution in [3.63, 3.8) is 0 Å². The third-order valence-corrected chi connectivity index (χ3v) is 6.28. The van der Waals surface area contributed by atoms with Gasteiger partial charge in [0, 0.05) is 32.4 Å². The van der Waals surface area contributed by atoms with E-state index in [-0.39, 0.29) is 11.6 Å². The lowest BCUT2D eigenvalue weighted by atomic mass is 10.2. The number of fused-ring (bicyclic) bond motifs is 1. The van der Waals surface area contributed by atoms with E-state index in [1.54, 1.807) is 41.1 Å². The molecule has 1 N–H and O–H groups in total. The number of halogens is 2. The van der Waals surface area contributed by atoms with Gasteiger partial charge in [-0.3, -0.25) is 4.79 Å². The number of rotatable bonds is 5. The molecule has 1 saturated heterocycles. The minimum atomic E-state index is -0.669. The molecule has 0 radical (unpaired) electrons. The third-order valence-electron chi connectivity index (χ3n) is 5.40. The maximum atomic E-state index is 14.2. The fraction of sp³-hybridized carbons (Fsp3) is 0.217. The van der Waals surface area contributed by atoms with E-state index in [1.165, 1.54) is 29.7 Å². The molecule has 0 atom stereocenters. The van der Waals surface area contributed by atoms with Gasteiger partial charge in [-0.15, -0.1) is 0 Å². The number of amides is 1. The van der Waals surface area contributed by atoms with Crippen LogP contribution in [0.15, 0.2) is 48.7 Å². The standard InChI is InChI=1S/C23H20F2N6O2S/c1-30(18-5-3-15(24)12-16(18)25)20-7-4-17-21(29-20)34-23(27-17)28-19-6-2-14(13-26-19)22(32)31-8-10-33-11-9-31/h2-7,12-13H,8-11H2,1H3,(H,26,27,28). The second kappa shape index (κ2) is 9.27. The summed E-state index contributed by atoms with van der Waals surface area (Å²) in [5, 5.41) is 3.71. The first-order valence-electron chi connectivity index (χ1n) is 10.5. The number of carbonyl (C=O) groups is 1. The van der Waals surface area contributed by atoms with Crippen LogP contribution in [0.4, 0.5) is 31.2 Å². The Bertz CT molecular complexity index is 1340. The first-order valence-corrected chi connectivity index (χ1v) is 11.4. The minimum Gasteiger partial charge on any atom is -0.378 e. The molecule has 34 heavy (non-hydrogen) atoms. The lowest BCUT2D eigenvalue weighted by Gasteiger charge is -2.26. The summed E-state index contributed by atoms with van der Waals surface area (Å²) >= 11 is 1.32. The molecule has 4 heterocycles. The first-order chi connectivity index (χ1) is 16.5. The van der Waals surface area contributed by atoms with Crippen LogP contribution in [0.25, 0.3) is 10.3 Å². The van der Waals surface area contributed by atoms with Gasteiger partial charge in [0.2, 0.25) is 0 Å². The van der Waals surface area contributed by atoms with Crippen LogP contribution in [0.1, 0.15) is 10.4 Å². The zero-order valence-corrected chi connectivity index (χ0v) is 19.0. The van der Waals surface area contributed by atoms with E-state index in [4.69, 9.17) is 4.74 Å². The fourth-order valence-electron chi connectivity index (χ4n) is 3.58. The van der Waals surface area contributed by atoms with Gasteiger partial charge in [-0.25, -0.2) is 23.7 Å². The molecule has 0 saturated carbocycles. The zero-order chi connectivity index (χ0) is 23.7. The van der Waals surface area contributed by atoms with Crippen LogP contribution in [0.3, 0.4) is 0 Å².